The Morgan fingerprint density at radius 2 is 2.08 bits per heavy atom. The molecule has 0 spiro atoms. The molecule has 1 aliphatic heterocycles. The van der Waals surface area contributed by atoms with Crippen molar-refractivity contribution in [1.82, 2.24) is 4.90 Å². The summed E-state index contributed by atoms with van der Waals surface area (Å²) in [7, 11) is 0. The highest BCUT2D eigenvalue weighted by Crippen LogP contribution is 2.33. The Kier molecular flexibility index (Phi) is 2.13. The van der Waals surface area contributed by atoms with Crippen molar-refractivity contribution in [3.8, 4) is 0 Å². The Labute approximate surface area is 80.2 Å². The first-order chi connectivity index (χ1) is 5.99. The van der Waals surface area contributed by atoms with Gasteiger partial charge in [-0.05, 0) is 26.7 Å². The maximum atomic E-state index is 6.08. The summed E-state index contributed by atoms with van der Waals surface area (Å²) >= 11 is 0. The molecule has 0 amide bonds. The zero-order valence-electron chi connectivity index (χ0n) is 8.68. The number of nitrogens with zero attached hydrogens (tertiary/aromatic N) is 1. The van der Waals surface area contributed by atoms with Crippen molar-refractivity contribution < 1.29 is 4.74 Å². The van der Waals surface area contributed by atoms with Crippen LogP contribution in [0.15, 0.2) is 0 Å². The second-order valence-corrected chi connectivity index (χ2v) is 5.18. The van der Waals surface area contributed by atoms with E-state index in [-0.39, 0.29) is 11.1 Å². The molecule has 2 N–H and O–H groups in total. The topological polar surface area (TPSA) is 38.5 Å². The van der Waals surface area contributed by atoms with Gasteiger partial charge in [0.1, 0.15) is 0 Å². The molecule has 0 aromatic heterocycles. The third-order valence-electron chi connectivity index (χ3n) is 2.94. The second kappa shape index (κ2) is 2.94. The first kappa shape index (κ1) is 9.44. The summed E-state index contributed by atoms with van der Waals surface area (Å²) in [5.74, 6) is 0. The van der Waals surface area contributed by atoms with Gasteiger partial charge in [0.2, 0.25) is 0 Å². The van der Waals surface area contributed by atoms with Gasteiger partial charge in [-0.25, -0.2) is 0 Å². The molecule has 13 heavy (non-hydrogen) atoms. The van der Waals surface area contributed by atoms with Crippen LogP contribution in [-0.4, -0.2) is 42.3 Å². The van der Waals surface area contributed by atoms with Gasteiger partial charge in [-0.3, -0.25) is 4.90 Å². The predicted octanol–water partition coefficient (Wildman–Crippen LogP) is 0.588. The number of ether oxygens (including phenoxy) is 1. The van der Waals surface area contributed by atoms with E-state index in [1.807, 2.05) is 0 Å². The van der Waals surface area contributed by atoms with Crippen LogP contribution in [0.4, 0.5) is 0 Å². The van der Waals surface area contributed by atoms with E-state index >= 15 is 0 Å². The van der Waals surface area contributed by atoms with Crippen molar-refractivity contribution >= 4 is 0 Å². The van der Waals surface area contributed by atoms with Gasteiger partial charge in [0.15, 0.2) is 0 Å². The van der Waals surface area contributed by atoms with E-state index in [9.17, 15) is 0 Å². The van der Waals surface area contributed by atoms with Crippen LogP contribution in [0, 0.1) is 0 Å². The molecule has 1 saturated heterocycles. The molecule has 0 radical (unpaired) electrons. The number of nitrogens with two attached hydrogens (primary N) is 1. The summed E-state index contributed by atoms with van der Waals surface area (Å²) in [5.41, 5.74) is 6.25. The monoisotopic (exact) mass is 184 g/mol. The van der Waals surface area contributed by atoms with E-state index in [0.717, 1.165) is 26.2 Å². The Morgan fingerprint density at radius 1 is 1.38 bits per heavy atom. The summed E-state index contributed by atoms with van der Waals surface area (Å²) in [4.78, 5) is 2.44. The SMILES string of the molecule is CC1(C)CN(CC2(N)CC2)CCO1. The lowest BCUT2D eigenvalue weighted by atomic mass is 10.1. The van der Waals surface area contributed by atoms with Gasteiger partial charge >= 0.3 is 0 Å². The minimum Gasteiger partial charge on any atom is -0.373 e. The summed E-state index contributed by atoms with van der Waals surface area (Å²) < 4.78 is 5.65. The highest BCUT2D eigenvalue weighted by atomic mass is 16.5. The summed E-state index contributed by atoms with van der Waals surface area (Å²) in [6, 6.07) is 0. The summed E-state index contributed by atoms with van der Waals surface area (Å²) in [6.07, 6.45) is 2.40. The van der Waals surface area contributed by atoms with Crippen LogP contribution in [-0.2, 0) is 4.74 Å². The number of hydrogen-bond donors (Lipinski definition) is 1. The molecule has 2 rings (SSSR count). The van der Waals surface area contributed by atoms with Crippen LogP contribution < -0.4 is 5.73 Å². The predicted molar refractivity (Wildman–Crippen MR) is 52.6 cm³/mol. The van der Waals surface area contributed by atoms with Crippen LogP contribution in [0.5, 0.6) is 0 Å². The number of morpholine rings is 1. The molecule has 2 fully saturated rings. The quantitative estimate of drug-likeness (QED) is 0.682. The summed E-state index contributed by atoms with van der Waals surface area (Å²) in [6.45, 7) is 8.27. The van der Waals surface area contributed by atoms with Crippen LogP contribution in [0.25, 0.3) is 0 Å². The van der Waals surface area contributed by atoms with Crippen molar-refractivity contribution in [2.45, 2.75) is 37.8 Å². The van der Waals surface area contributed by atoms with Crippen molar-refractivity contribution in [3.05, 3.63) is 0 Å². The lowest BCUT2D eigenvalue weighted by molar-refractivity contribution is -0.0875. The average Bonchev–Trinajstić information content (AvgIpc) is 2.65. The number of rotatable bonds is 2. The number of hydrogen-bond acceptors (Lipinski definition) is 3. The molecular formula is C10H20N2O. The van der Waals surface area contributed by atoms with E-state index in [4.69, 9.17) is 10.5 Å². The van der Waals surface area contributed by atoms with Crippen molar-refractivity contribution in [2.24, 2.45) is 5.73 Å². The molecule has 1 saturated carbocycles. The van der Waals surface area contributed by atoms with Crippen molar-refractivity contribution in [3.63, 3.8) is 0 Å². The molecule has 2 aliphatic rings. The van der Waals surface area contributed by atoms with Gasteiger partial charge in [-0.15, -0.1) is 0 Å². The molecule has 76 valence electrons. The molecule has 3 nitrogen and oxygen atoms in total. The molecule has 0 atom stereocenters. The Morgan fingerprint density at radius 3 is 2.62 bits per heavy atom. The van der Waals surface area contributed by atoms with Gasteiger partial charge < -0.3 is 10.5 Å². The first-order valence-corrected chi connectivity index (χ1v) is 5.14. The standard InChI is InChI=1S/C10H20N2O/c1-9(2)7-12(5-6-13-9)8-10(11)3-4-10/h3-8,11H2,1-2H3. The fourth-order valence-electron chi connectivity index (χ4n) is 2.01. The van der Waals surface area contributed by atoms with Crippen LogP contribution in [0.1, 0.15) is 26.7 Å². The van der Waals surface area contributed by atoms with Gasteiger partial charge in [0, 0.05) is 25.2 Å². The van der Waals surface area contributed by atoms with Gasteiger partial charge in [0.25, 0.3) is 0 Å². The maximum absolute atomic E-state index is 6.08. The molecule has 0 aromatic rings. The van der Waals surface area contributed by atoms with Crippen LogP contribution in [0.2, 0.25) is 0 Å². The van der Waals surface area contributed by atoms with E-state index < -0.39 is 0 Å². The Hall–Kier alpha value is -0.120. The minimum absolute atomic E-state index is 0.0174. The maximum Gasteiger partial charge on any atom is 0.0753 e. The Bertz CT molecular complexity index is 197. The third kappa shape index (κ3) is 2.42. The van der Waals surface area contributed by atoms with E-state index in [0.29, 0.717) is 0 Å². The molecule has 3 heteroatoms. The van der Waals surface area contributed by atoms with Gasteiger partial charge in [0.05, 0.1) is 12.2 Å². The largest absolute Gasteiger partial charge is 0.373 e. The van der Waals surface area contributed by atoms with E-state index in [1.165, 1.54) is 12.8 Å². The van der Waals surface area contributed by atoms with Crippen molar-refractivity contribution in [1.29, 1.82) is 0 Å². The summed E-state index contributed by atoms with van der Waals surface area (Å²) in [5, 5.41) is 0. The smallest absolute Gasteiger partial charge is 0.0753 e. The fourth-order valence-corrected chi connectivity index (χ4v) is 2.01. The van der Waals surface area contributed by atoms with Gasteiger partial charge in [-0.2, -0.15) is 0 Å². The third-order valence-corrected chi connectivity index (χ3v) is 2.94. The second-order valence-electron chi connectivity index (χ2n) is 5.18. The zero-order valence-corrected chi connectivity index (χ0v) is 8.68. The lowest BCUT2D eigenvalue weighted by Crippen LogP contribution is -2.52. The molecule has 0 unspecified atom stereocenters. The van der Waals surface area contributed by atoms with E-state index in [1.54, 1.807) is 0 Å². The average molecular weight is 184 g/mol. The lowest BCUT2D eigenvalue weighted by Gasteiger charge is -2.39. The van der Waals surface area contributed by atoms with E-state index in [2.05, 4.69) is 18.7 Å². The fraction of sp³-hybridized carbons (Fsp3) is 1.00. The zero-order chi connectivity index (χ0) is 9.53. The van der Waals surface area contributed by atoms with Crippen LogP contribution >= 0.6 is 0 Å². The van der Waals surface area contributed by atoms with Gasteiger partial charge in [-0.1, -0.05) is 0 Å². The highest BCUT2D eigenvalue weighted by molar-refractivity contribution is 5.01. The molecule has 1 heterocycles. The Balaban J connectivity index is 1.86. The molecule has 0 aromatic carbocycles. The minimum atomic E-state index is 0.0174. The molecule has 0 bridgehead atoms. The normalized spacial score (nSPS) is 31.6. The first-order valence-electron chi connectivity index (χ1n) is 5.14. The highest BCUT2D eigenvalue weighted by Gasteiger charge is 2.41. The van der Waals surface area contributed by atoms with Crippen molar-refractivity contribution in [2.75, 3.05) is 26.2 Å². The van der Waals surface area contributed by atoms with Crippen LogP contribution in [0.3, 0.4) is 0 Å². The molecule has 1 aliphatic carbocycles. The molecular weight excluding hydrogens is 164 g/mol.